The van der Waals surface area contributed by atoms with Gasteiger partial charge in [0.25, 0.3) is 0 Å². The van der Waals surface area contributed by atoms with E-state index in [4.69, 9.17) is 37.0 Å². The molecule has 0 aromatic rings. The zero-order valence-electron chi connectivity index (χ0n) is 62.7. The molecule has 0 spiro atoms. The monoisotopic (exact) mass is 1460 g/mol. The molecule has 0 radical (unpaired) electrons. The summed E-state index contributed by atoms with van der Waals surface area (Å²) in [6.45, 7) is 4.28. The highest BCUT2D eigenvalue weighted by Gasteiger charge is 2.30. The van der Waals surface area contributed by atoms with Crippen LogP contribution in [0.3, 0.4) is 0 Å². The van der Waals surface area contributed by atoms with Crippen LogP contribution in [0.5, 0.6) is 0 Å². The van der Waals surface area contributed by atoms with Gasteiger partial charge in [0.15, 0.2) is 12.2 Å². The van der Waals surface area contributed by atoms with Gasteiger partial charge in [-0.05, 0) is 167 Å². The van der Waals surface area contributed by atoms with E-state index in [1.54, 1.807) is 0 Å². The van der Waals surface area contributed by atoms with Gasteiger partial charge in [-0.3, -0.25) is 37.3 Å². The number of phosphoric acid groups is 2. The molecule has 3 N–H and O–H groups in total. The van der Waals surface area contributed by atoms with Gasteiger partial charge >= 0.3 is 39.5 Å². The van der Waals surface area contributed by atoms with Crippen LogP contribution in [0.25, 0.3) is 0 Å². The van der Waals surface area contributed by atoms with E-state index < -0.39 is 97.5 Å². The summed E-state index contributed by atoms with van der Waals surface area (Å²) >= 11 is 0. The third-order valence-corrected chi connectivity index (χ3v) is 16.7. The third-order valence-electron chi connectivity index (χ3n) is 14.8. The molecule has 102 heavy (non-hydrogen) atoms. The number of hydrogen-bond acceptors (Lipinski definition) is 15. The number of ether oxygens (including phenoxy) is 4. The average Bonchev–Trinajstić information content (AvgIpc) is 0.939. The van der Waals surface area contributed by atoms with Crippen LogP contribution >= 0.6 is 15.6 Å². The molecule has 0 heterocycles. The number of carbonyl (C=O) groups excluding carboxylic acids is 4. The fourth-order valence-corrected chi connectivity index (χ4v) is 10.7. The van der Waals surface area contributed by atoms with Crippen molar-refractivity contribution in [2.24, 2.45) is 0 Å². The van der Waals surface area contributed by atoms with E-state index in [0.717, 1.165) is 161 Å². The molecule has 576 valence electrons. The van der Waals surface area contributed by atoms with Crippen LogP contribution in [0.1, 0.15) is 259 Å². The lowest BCUT2D eigenvalue weighted by atomic mass is 10.1. The lowest BCUT2D eigenvalue weighted by molar-refractivity contribution is -0.161. The summed E-state index contributed by atoms with van der Waals surface area (Å²) in [4.78, 5) is 72.8. The summed E-state index contributed by atoms with van der Waals surface area (Å²) < 4.78 is 68.3. The van der Waals surface area contributed by atoms with Gasteiger partial charge in [-0.2, -0.15) is 0 Å². The molecular weight excluding hydrogens is 1330 g/mol. The van der Waals surface area contributed by atoms with E-state index in [-0.39, 0.29) is 25.7 Å². The Morgan fingerprint density at radius 1 is 0.284 bits per heavy atom. The molecular formula is C83H132O17P2. The van der Waals surface area contributed by atoms with E-state index in [0.29, 0.717) is 38.5 Å². The van der Waals surface area contributed by atoms with E-state index in [9.17, 15) is 43.2 Å². The summed E-state index contributed by atoms with van der Waals surface area (Å²) in [5.41, 5.74) is 0. The summed E-state index contributed by atoms with van der Waals surface area (Å²) in [5, 5.41) is 10.6. The number of aliphatic hydroxyl groups excluding tert-OH is 1. The summed E-state index contributed by atoms with van der Waals surface area (Å²) in [5.74, 6) is -2.36. The Morgan fingerprint density at radius 2 is 0.520 bits per heavy atom. The zero-order valence-corrected chi connectivity index (χ0v) is 64.5. The van der Waals surface area contributed by atoms with Crippen molar-refractivity contribution in [2.75, 3.05) is 39.6 Å². The van der Waals surface area contributed by atoms with Crippen molar-refractivity contribution in [2.45, 2.75) is 277 Å². The Balaban J connectivity index is 5.46. The van der Waals surface area contributed by atoms with Crippen molar-refractivity contribution in [3.8, 4) is 0 Å². The molecule has 0 saturated heterocycles. The largest absolute Gasteiger partial charge is 0.472 e. The van der Waals surface area contributed by atoms with Crippen molar-refractivity contribution in [3.05, 3.63) is 182 Å². The summed E-state index contributed by atoms with van der Waals surface area (Å²) in [6, 6.07) is 0. The first-order valence-corrected chi connectivity index (χ1v) is 41.0. The minimum absolute atomic E-state index is 0.0263. The van der Waals surface area contributed by atoms with Crippen LogP contribution < -0.4 is 0 Å². The molecule has 5 unspecified atom stereocenters. The number of carbonyl (C=O) groups is 4. The van der Waals surface area contributed by atoms with Gasteiger partial charge < -0.3 is 33.8 Å². The average molecular weight is 1460 g/mol. The van der Waals surface area contributed by atoms with E-state index in [1.807, 2.05) is 12.2 Å². The van der Waals surface area contributed by atoms with Crippen LogP contribution in [0.15, 0.2) is 182 Å². The SMILES string of the molecule is CC/C=C\C/C=C\C/C=C\C/C=C\C/C=C\CCCCCC(=O)OCC(COP(=O)(O)OCC(O)COP(=O)(O)OCC(COC(=O)CCC/C=C\C/C=C\C/C=C\C/C=C\C/C=C\CC)OC(=O)CCCCCCC/C=C\CCCC)OC(=O)CCCC/C=C\C/C=C\C/C=C\C/C=C\CC. The Bertz CT molecular complexity index is 2650. The number of rotatable bonds is 69. The predicted molar refractivity (Wildman–Crippen MR) is 417 cm³/mol. The van der Waals surface area contributed by atoms with Crippen molar-refractivity contribution < 1.29 is 80.2 Å². The summed E-state index contributed by atoms with van der Waals surface area (Å²) in [6.07, 6.45) is 87.6. The van der Waals surface area contributed by atoms with Crippen molar-refractivity contribution in [3.63, 3.8) is 0 Å². The minimum atomic E-state index is -5.01. The first-order chi connectivity index (χ1) is 49.7. The normalized spacial score (nSPS) is 14.9. The molecule has 5 atom stereocenters. The Morgan fingerprint density at radius 3 is 0.863 bits per heavy atom. The first kappa shape index (κ1) is 96.2. The highest BCUT2D eigenvalue weighted by molar-refractivity contribution is 7.47. The second kappa shape index (κ2) is 73.5. The fourth-order valence-electron chi connectivity index (χ4n) is 9.13. The van der Waals surface area contributed by atoms with Gasteiger partial charge in [-0.1, -0.05) is 249 Å². The van der Waals surface area contributed by atoms with E-state index in [1.165, 1.54) is 6.42 Å². The van der Waals surface area contributed by atoms with Crippen molar-refractivity contribution >= 4 is 39.5 Å². The molecule has 0 aliphatic rings. The quantitative estimate of drug-likeness (QED) is 0.0169. The van der Waals surface area contributed by atoms with E-state index >= 15 is 0 Å². The fraction of sp³-hybridized carbons (Fsp3) is 0.590. The van der Waals surface area contributed by atoms with Gasteiger partial charge in [0.05, 0.1) is 26.4 Å². The minimum Gasteiger partial charge on any atom is -0.462 e. The van der Waals surface area contributed by atoms with Gasteiger partial charge in [0.2, 0.25) is 0 Å². The van der Waals surface area contributed by atoms with Crippen molar-refractivity contribution in [1.82, 2.24) is 0 Å². The zero-order chi connectivity index (χ0) is 74.6. The maximum absolute atomic E-state index is 13.1. The molecule has 0 aromatic carbocycles. The van der Waals surface area contributed by atoms with Gasteiger partial charge in [-0.25, -0.2) is 9.13 Å². The molecule has 19 heteroatoms. The molecule has 0 aliphatic heterocycles. The van der Waals surface area contributed by atoms with Crippen LogP contribution in [0, 0.1) is 0 Å². The molecule has 17 nitrogen and oxygen atoms in total. The third kappa shape index (κ3) is 72.5. The smallest absolute Gasteiger partial charge is 0.462 e. The highest BCUT2D eigenvalue weighted by atomic mass is 31.2. The maximum Gasteiger partial charge on any atom is 0.472 e. The van der Waals surface area contributed by atoms with Crippen LogP contribution in [0.2, 0.25) is 0 Å². The Kier molecular flexibility index (Phi) is 69.3. The number of aliphatic hydroxyl groups is 1. The molecule has 0 fully saturated rings. The Labute approximate surface area is 615 Å². The number of hydrogen-bond donors (Lipinski definition) is 3. The van der Waals surface area contributed by atoms with Crippen LogP contribution in [0.4, 0.5) is 0 Å². The lowest BCUT2D eigenvalue weighted by Crippen LogP contribution is -2.30. The molecule has 0 aliphatic carbocycles. The predicted octanol–water partition coefficient (Wildman–Crippen LogP) is 22.0. The topological polar surface area (TPSA) is 237 Å². The van der Waals surface area contributed by atoms with E-state index in [2.05, 4.69) is 198 Å². The van der Waals surface area contributed by atoms with Crippen LogP contribution in [-0.4, -0.2) is 96.7 Å². The number of phosphoric ester groups is 2. The molecule has 0 rings (SSSR count). The summed E-state index contributed by atoms with van der Waals surface area (Å²) in [7, 11) is -10.0. The molecule has 0 saturated carbocycles. The number of esters is 4. The van der Waals surface area contributed by atoms with Gasteiger partial charge in [-0.15, -0.1) is 0 Å². The Hall–Kier alpha value is -5.84. The number of unbranched alkanes of at least 4 members (excludes halogenated alkanes) is 13. The maximum atomic E-state index is 13.1. The molecule has 0 aromatic heterocycles. The first-order valence-electron chi connectivity index (χ1n) is 38.0. The second-order valence-corrected chi connectivity index (χ2v) is 27.3. The number of allylic oxidation sites excluding steroid dienone is 30. The second-order valence-electron chi connectivity index (χ2n) is 24.4. The molecule has 0 bridgehead atoms. The van der Waals surface area contributed by atoms with Crippen LogP contribution in [-0.2, 0) is 65.4 Å². The van der Waals surface area contributed by atoms with Gasteiger partial charge in [0, 0.05) is 25.7 Å². The van der Waals surface area contributed by atoms with Gasteiger partial charge in [0.1, 0.15) is 19.3 Å². The highest BCUT2D eigenvalue weighted by Crippen LogP contribution is 2.45. The standard InChI is InChI=1S/C83H132O17P2/c1-5-9-13-17-21-25-29-32-35-37-38-40-43-45-49-52-56-60-64-68-81(86)94-74-79(100-83(88)70-66-62-58-54-50-46-41-34-31-27-23-19-15-11-7-3)76-98-102(91,92)96-72-77(84)71-95-101(89,90)97-75-78(99-82(87)69-65-61-57-53-47-28-24-20-16-12-8-4)73-93-80(85)67-63-59-55-51-48-44-42-39-36-33-30-26-22-18-14-10-6-2/h9-11,13-15,20-27,32-36,38,40-42,44-45,49-51,54-55,77-79,84H,5-8,12,16-19,28-31,37,39,43,46-48,52-53,56-76H2,1-4H3,(H,89,90)(H,91,92)/b13-9-,14-10-,15-11-,24-20-,25-21-,26-22-,27-23-,35-32-,36-33-,40-38-,41-34-,44-42-,49-45-,54-50-,55-51-. The lowest BCUT2D eigenvalue weighted by Gasteiger charge is -2.21. The van der Waals surface area contributed by atoms with Crippen molar-refractivity contribution in [1.29, 1.82) is 0 Å². The molecule has 0 amide bonds.